The van der Waals surface area contributed by atoms with Crippen LogP contribution in [0.2, 0.25) is 0 Å². The maximum Gasteiger partial charge on any atom is 0.213 e. The van der Waals surface area contributed by atoms with Gasteiger partial charge in [0, 0.05) is 0 Å². The third kappa shape index (κ3) is 3.06. The topological polar surface area (TPSA) is 40.9 Å². The van der Waals surface area contributed by atoms with Crippen LogP contribution in [0.3, 0.4) is 0 Å². The van der Waals surface area contributed by atoms with Crippen molar-refractivity contribution in [3.63, 3.8) is 0 Å². The predicted octanol–water partition coefficient (Wildman–Crippen LogP) is 5.85. The van der Waals surface area contributed by atoms with Gasteiger partial charge in [-0.05, 0) is 35.3 Å². The van der Waals surface area contributed by atoms with E-state index < -0.39 is 10.7 Å². The molecule has 0 saturated heterocycles. The number of thioether (sulfide) groups is 1. The van der Waals surface area contributed by atoms with E-state index in [0.717, 1.165) is 27.8 Å². The Morgan fingerprint density at radius 1 is 0.893 bits per heavy atom. The van der Waals surface area contributed by atoms with E-state index in [-0.39, 0.29) is 5.12 Å². The van der Waals surface area contributed by atoms with Crippen LogP contribution < -0.4 is 0 Å². The Morgan fingerprint density at radius 3 is 2.11 bits per heavy atom. The number of nitrogens with zero attached hydrogens (tertiary/aromatic N) is 1. The molecule has 136 valence electrons. The lowest BCUT2D eigenvalue weighted by molar-refractivity contribution is -0.106. The van der Waals surface area contributed by atoms with E-state index in [9.17, 15) is 10.1 Å². The molecule has 0 fully saturated rings. The second kappa shape index (κ2) is 7.50. The van der Waals surface area contributed by atoms with Gasteiger partial charge >= 0.3 is 0 Å². The quantitative estimate of drug-likeness (QED) is 0.569. The van der Waals surface area contributed by atoms with Crippen molar-refractivity contribution >= 4 is 22.5 Å². The maximum absolute atomic E-state index is 12.7. The van der Waals surface area contributed by atoms with E-state index in [1.54, 1.807) is 6.08 Å². The molecule has 28 heavy (non-hydrogen) atoms. The molecule has 0 bridgehead atoms. The van der Waals surface area contributed by atoms with Crippen LogP contribution in [0.25, 0.3) is 5.57 Å². The van der Waals surface area contributed by atoms with Gasteiger partial charge in [-0.2, -0.15) is 5.26 Å². The van der Waals surface area contributed by atoms with Gasteiger partial charge in [-0.1, -0.05) is 102 Å². The molecule has 0 spiro atoms. The summed E-state index contributed by atoms with van der Waals surface area (Å²) in [5.74, 6) is -0.501. The largest absolute Gasteiger partial charge is 0.282 e. The van der Waals surface area contributed by atoms with Gasteiger partial charge in [0.15, 0.2) is 0 Å². The molecule has 0 aliphatic carbocycles. The fourth-order valence-electron chi connectivity index (χ4n) is 3.82. The summed E-state index contributed by atoms with van der Waals surface area (Å²) in [6.45, 7) is 2.03. The Labute approximate surface area is 169 Å². The average molecular weight is 382 g/mol. The van der Waals surface area contributed by atoms with Crippen molar-refractivity contribution in [2.75, 3.05) is 0 Å². The molecular weight excluding hydrogens is 362 g/mol. The Morgan fingerprint density at radius 2 is 1.50 bits per heavy atom. The van der Waals surface area contributed by atoms with Crippen molar-refractivity contribution in [2.24, 2.45) is 0 Å². The van der Waals surface area contributed by atoms with Crippen molar-refractivity contribution in [1.29, 1.82) is 5.26 Å². The summed E-state index contributed by atoms with van der Waals surface area (Å²) in [5.41, 5.74) is 4.88. The highest BCUT2D eigenvalue weighted by atomic mass is 32.2. The Kier molecular flexibility index (Phi) is 4.90. The minimum absolute atomic E-state index is 0.0185. The fourth-order valence-corrected chi connectivity index (χ4v) is 5.17. The first kappa shape index (κ1) is 18.3. The molecule has 3 aromatic carbocycles. The van der Waals surface area contributed by atoms with Gasteiger partial charge in [0.1, 0.15) is 0 Å². The number of hydrogen-bond donors (Lipinski definition) is 0. The molecule has 0 radical (unpaired) electrons. The molecule has 2 unspecified atom stereocenters. The molecule has 0 amide bonds. The number of carbonyl (C=O) groups excluding carboxylic acids is 1. The zero-order chi connectivity index (χ0) is 19.6. The van der Waals surface area contributed by atoms with Gasteiger partial charge < -0.3 is 0 Å². The van der Waals surface area contributed by atoms with E-state index >= 15 is 0 Å². The number of nitriles is 1. The first-order valence-corrected chi connectivity index (χ1v) is 9.99. The maximum atomic E-state index is 12.7. The minimum Gasteiger partial charge on any atom is -0.282 e. The molecule has 1 aliphatic heterocycles. The Balaban J connectivity index is 1.98. The van der Waals surface area contributed by atoms with Crippen molar-refractivity contribution in [2.45, 2.75) is 17.6 Å². The lowest BCUT2D eigenvalue weighted by Crippen LogP contribution is -2.30. The second-order valence-electron chi connectivity index (χ2n) is 6.92. The van der Waals surface area contributed by atoms with Crippen LogP contribution in [0.5, 0.6) is 0 Å². The number of benzene rings is 3. The SMILES string of the molecule is Cc1ccc(C(C#N)C2(c3ccccc3)SC(=O)C=C2c2ccccc2)cc1. The number of aryl methyl sites for hydroxylation is 1. The van der Waals surface area contributed by atoms with Crippen LogP contribution in [0.1, 0.15) is 28.2 Å². The van der Waals surface area contributed by atoms with Crippen molar-refractivity contribution < 1.29 is 4.79 Å². The van der Waals surface area contributed by atoms with Crippen LogP contribution in [0.15, 0.2) is 91.0 Å². The lowest BCUT2D eigenvalue weighted by Gasteiger charge is -2.36. The number of carbonyl (C=O) groups is 1. The second-order valence-corrected chi connectivity index (χ2v) is 8.17. The fraction of sp³-hybridized carbons (Fsp3) is 0.120. The van der Waals surface area contributed by atoms with E-state index in [4.69, 9.17) is 0 Å². The van der Waals surface area contributed by atoms with Crippen molar-refractivity contribution in [1.82, 2.24) is 0 Å². The van der Waals surface area contributed by atoms with Crippen LogP contribution in [-0.4, -0.2) is 5.12 Å². The molecule has 0 N–H and O–H groups in total. The summed E-state index contributed by atoms with van der Waals surface area (Å²) >= 11 is 1.25. The standard InChI is InChI=1S/C25H19NOS/c1-18-12-14-20(15-13-18)23(17-26)25(21-10-6-3-7-11-21)22(16-24(27)28-25)19-8-4-2-5-9-19/h2-16,23H,1H3. The molecule has 1 heterocycles. The zero-order valence-electron chi connectivity index (χ0n) is 15.5. The highest BCUT2D eigenvalue weighted by Gasteiger charge is 2.51. The summed E-state index contributed by atoms with van der Waals surface area (Å²) in [7, 11) is 0. The van der Waals surface area contributed by atoms with E-state index in [1.807, 2.05) is 91.9 Å². The molecule has 3 heteroatoms. The van der Waals surface area contributed by atoms with Gasteiger partial charge in [-0.15, -0.1) is 0 Å². The summed E-state index contributed by atoms with van der Waals surface area (Å²) in [6.07, 6.45) is 1.70. The number of hydrogen-bond acceptors (Lipinski definition) is 3. The molecule has 4 rings (SSSR count). The van der Waals surface area contributed by atoms with Crippen molar-refractivity contribution in [3.05, 3.63) is 113 Å². The monoisotopic (exact) mass is 381 g/mol. The van der Waals surface area contributed by atoms with Crippen molar-refractivity contribution in [3.8, 4) is 6.07 Å². The van der Waals surface area contributed by atoms with E-state index in [1.165, 1.54) is 11.8 Å². The minimum atomic E-state index is -0.788. The smallest absolute Gasteiger partial charge is 0.213 e. The summed E-state index contributed by atoms with van der Waals surface area (Å²) < 4.78 is -0.788. The molecule has 0 saturated carbocycles. The summed E-state index contributed by atoms with van der Waals surface area (Å²) in [4.78, 5) is 12.7. The number of rotatable bonds is 4. The molecular formula is C25H19NOS. The van der Waals surface area contributed by atoms with Crippen LogP contribution in [0.4, 0.5) is 0 Å². The zero-order valence-corrected chi connectivity index (χ0v) is 16.3. The van der Waals surface area contributed by atoms with Gasteiger partial charge in [0.2, 0.25) is 5.12 Å². The molecule has 2 atom stereocenters. The third-order valence-corrected chi connectivity index (χ3v) is 6.49. The van der Waals surface area contributed by atoms with Gasteiger partial charge in [0.05, 0.1) is 16.7 Å². The summed E-state index contributed by atoms with van der Waals surface area (Å²) in [6, 6.07) is 30.4. The van der Waals surface area contributed by atoms with E-state index in [2.05, 4.69) is 6.07 Å². The van der Waals surface area contributed by atoms with Gasteiger partial charge in [-0.25, -0.2) is 0 Å². The van der Waals surface area contributed by atoms with Gasteiger partial charge in [0.25, 0.3) is 0 Å². The first-order chi connectivity index (χ1) is 13.6. The van der Waals surface area contributed by atoms with Gasteiger partial charge in [-0.3, -0.25) is 4.79 Å². The molecule has 3 aromatic rings. The van der Waals surface area contributed by atoms with Crippen LogP contribution in [0, 0.1) is 18.3 Å². The molecule has 1 aliphatic rings. The predicted molar refractivity (Wildman–Crippen MR) is 115 cm³/mol. The average Bonchev–Trinajstić information content (AvgIpc) is 3.09. The third-order valence-electron chi connectivity index (χ3n) is 5.16. The van der Waals surface area contributed by atoms with E-state index in [0.29, 0.717) is 0 Å². The Hall–Kier alpha value is -3.09. The Bertz CT molecular complexity index is 1070. The first-order valence-electron chi connectivity index (χ1n) is 9.17. The van der Waals surface area contributed by atoms with Crippen LogP contribution >= 0.6 is 11.8 Å². The normalized spacial score (nSPS) is 19.7. The highest BCUT2D eigenvalue weighted by Crippen LogP contribution is 2.59. The molecule has 0 aromatic heterocycles. The lowest BCUT2D eigenvalue weighted by atomic mass is 9.74. The highest BCUT2D eigenvalue weighted by molar-refractivity contribution is 8.15. The van der Waals surface area contributed by atoms with Crippen LogP contribution in [-0.2, 0) is 9.54 Å². The summed E-state index contributed by atoms with van der Waals surface area (Å²) in [5, 5.41) is 10.3. The molecule has 2 nitrogen and oxygen atoms in total.